The maximum absolute atomic E-state index is 12.5. The molecule has 0 fully saturated rings. The van der Waals surface area contributed by atoms with E-state index in [0.717, 1.165) is 24.3 Å². The van der Waals surface area contributed by atoms with E-state index in [2.05, 4.69) is 30.3 Å². The molecule has 0 atom stereocenters. The van der Waals surface area contributed by atoms with Crippen LogP contribution in [0.1, 0.15) is 16.2 Å². The zero-order valence-electron chi connectivity index (χ0n) is 20.0. The van der Waals surface area contributed by atoms with Crippen LogP contribution < -0.4 is 15.6 Å². The molecule has 0 spiro atoms. The lowest BCUT2D eigenvalue weighted by Crippen LogP contribution is -2.29. The number of ether oxygens (including phenoxy) is 1. The maximum Gasteiger partial charge on any atom is 0.266 e. The maximum atomic E-state index is 12.5. The number of aromatic nitrogens is 6. The van der Waals surface area contributed by atoms with Gasteiger partial charge < -0.3 is 15.0 Å². The van der Waals surface area contributed by atoms with Crippen LogP contribution in [-0.4, -0.2) is 60.7 Å². The molecule has 35 heavy (non-hydrogen) atoms. The number of hydrogen-bond donors (Lipinski definition) is 1. The molecule has 4 heterocycles. The van der Waals surface area contributed by atoms with Gasteiger partial charge in [0.05, 0.1) is 24.6 Å². The molecule has 0 radical (unpaired) electrons. The third-order valence-corrected chi connectivity index (χ3v) is 5.30. The second-order valence-corrected chi connectivity index (χ2v) is 8.19. The van der Waals surface area contributed by atoms with Gasteiger partial charge >= 0.3 is 0 Å². The summed E-state index contributed by atoms with van der Waals surface area (Å²) >= 11 is 0. The first-order valence-electron chi connectivity index (χ1n) is 10.9. The van der Waals surface area contributed by atoms with Crippen molar-refractivity contribution in [3.8, 4) is 22.8 Å². The van der Waals surface area contributed by atoms with Gasteiger partial charge in [0.15, 0.2) is 0 Å². The van der Waals surface area contributed by atoms with E-state index < -0.39 is 11.5 Å². The summed E-state index contributed by atoms with van der Waals surface area (Å²) in [6.07, 6.45) is 8.14. The van der Waals surface area contributed by atoms with Gasteiger partial charge in [0.1, 0.15) is 28.7 Å². The number of pyridine rings is 2. The van der Waals surface area contributed by atoms with Crippen molar-refractivity contribution in [3.05, 3.63) is 77.0 Å². The summed E-state index contributed by atoms with van der Waals surface area (Å²) in [7, 11) is 5.60. The molecular formula is C24H26N8O3. The number of carbonyl (C=O) groups is 1. The molecule has 0 saturated heterocycles. The normalized spacial score (nSPS) is 11.0. The molecule has 0 aliphatic heterocycles. The topological polar surface area (TPSA) is 120 Å². The molecule has 4 rings (SSSR count). The Morgan fingerprint density at radius 1 is 1.09 bits per heavy atom. The number of likely N-dealkylation sites (N-methyl/N-ethyl adjacent to an activating group) is 1. The van der Waals surface area contributed by atoms with Gasteiger partial charge in [0.2, 0.25) is 0 Å². The van der Waals surface area contributed by atoms with Crippen LogP contribution in [0.2, 0.25) is 0 Å². The van der Waals surface area contributed by atoms with Crippen LogP contribution in [0.15, 0.2) is 60.0 Å². The van der Waals surface area contributed by atoms with E-state index in [1.165, 1.54) is 17.0 Å². The van der Waals surface area contributed by atoms with Gasteiger partial charge in [-0.25, -0.2) is 9.97 Å². The van der Waals surface area contributed by atoms with Gasteiger partial charge in [-0.1, -0.05) is 0 Å². The minimum absolute atomic E-state index is 0.0606. The van der Waals surface area contributed by atoms with E-state index in [9.17, 15) is 9.59 Å². The van der Waals surface area contributed by atoms with Gasteiger partial charge in [0.25, 0.3) is 11.5 Å². The Morgan fingerprint density at radius 2 is 1.91 bits per heavy atom. The summed E-state index contributed by atoms with van der Waals surface area (Å²) in [5, 5.41) is 6.99. The Morgan fingerprint density at radius 3 is 2.66 bits per heavy atom. The van der Waals surface area contributed by atoms with Crippen LogP contribution in [0.4, 0.5) is 5.82 Å². The van der Waals surface area contributed by atoms with E-state index in [1.807, 2.05) is 31.0 Å². The van der Waals surface area contributed by atoms with Crippen LogP contribution >= 0.6 is 0 Å². The third kappa shape index (κ3) is 5.76. The highest BCUT2D eigenvalue weighted by atomic mass is 16.5. The molecule has 11 nitrogen and oxygen atoms in total. The fraction of sp³-hybridized carbons (Fsp3) is 0.250. The molecule has 0 aliphatic rings. The average molecular weight is 475 g/mol. The Hall–Kier alpha value is -4.38. The Labute approximate surface area is 202 Å². The number of amides is 1. The van der Waals surface area contributed by atoms with Crippen LogP contribution in [0.5, 0.6) is 11.5 Å². The van der Waals surface area contributed by atoms with Crippen molar-refractivity contribution in [1.82, 2.24) is 34.2 Å². The molecule has 1 N–H and O–H groups in total. The molecule has 0 aliphatic carbocycles. The highest BCUT2D eigenvalue weighted by molar-refractivity contribution is 6.03. The molecule has 0 unspecified atom stereocenters. The van der Waals surface area contributed by atoms with Crippen LogP contribution in [0.3, 0.4) is 0 Å². The first-order chi connectivity index (χ1) is 16.8. The Bertz CT molecular complexity index is 1390. The van der Waals surface area contributed by atoms with E-state index in [4.69, 9.17) is 4.74 Å². The second kappa shape index (κ2) is 10.3. The molecule has 1 amide bonds. The summed E-state index contributed by atoms with van der Waals surface area (Å²) in [6, 6.07) is 6.84. The number of hydrogen-bond acceptors (Lipinski definition) is 8. The van der Waals surface area contributed by atoms with Gasteiger partial charge in [-0.2, -0.15) is 5.10 Å². The number of nitrogens with zero attached hydrogens (tertiary/aromatic N) is 7. The van der Waals surface area contributed by atoms with E-state index >= 15 is 0 Å². The van der Waals surface area contributed by atoms with Gasteiger partial charge in [-0.05, 0) is 39.2 Å². The number of carbonyl (C=O) groups excluding carboxylic acids is 1. The van der Waals surface area contributed by atoms with Crippen molar-refractivity contribution in [3.63, 3.8) is 0 Å². The fourth-order valence-electron chi connectivity index (χ4n) is 3.17. The van der Waals surface area contributed by atoms with Crippen molar-refractivity contribution < 1.29 is 9.53 Å². The first kappa shape index (κ1) is 23.8. The monoisotopic (exact) mass is 474 g/mol. The van der Waals surface area contributed by atoms with Crippen molar-refractivity contribution >= 4 is 11.7 Å². The Balaban J connectivity index is 1.42. The zero-order valence-corrected chi connectivity index (χ0v) is 20.0. The smallest absolute Gasteiger partial charge is 0.266 e. The highest BCUT2D eigenvalue weighted by Crippen LogP contribution is 2.25. The molecule has 180 valence electrons. The van der Waals surface area contributed by atoms with Crippen molar-refractivity contribution in [2.24, 2.45) is 7.05 Å². The van der Waals surface area contributed by atoms with E-state index in [0.29, 0.717) is 17.3 Å². The molecule has 4 aromatic heterocycles. The lowest BCUT2D eigenvalue weighted by Gasteiger charge is -2.09. The predicted molar refractivity (Wildman–Crippen MR) is 130 cm³/mol. The number of nitrogens with one attached hydrogen (secondary N) is 1. The number of rotatable bonds is 8. The molecule has 4 aromatic rings. The van der Waals surface area contributed by atoms with Crippen molar-refractivity contribution in [2.75, 3.05) is 26.0 Å². The molecular weight excluding hydrogens is 448 g/mol. The lowest BCUT2D eigenvalue weighted by molar-refractivity contribution is 0.102. The molecule has 11 heteroatoms. The SMILES string of the molecule is Cc1ncc(C(=O)Nc2ccc(Oc3ccnc(-c4cnn(CCN(C)C)c4)c3)cn2)c(=O)n1C. The standard InChI is InChI=1S/C24H26N8O3/c1-16-26-14-20(24(34)31(16)4)23(33)29-22-6-5-19(13-27-22)35-18-7-8-25-21(11-18)17-12-28-32(15-17)10-9-30(2)3/h5-8,11-15H,9-10H2,1-4H3,(H,27,29,33). The van der Waals surface area contributed by atoms with E-state index in [-0.39, 0.29) is 11.4 Å². The van der Waals surface area contributed by atoms with Gasteiger partial charge in [-0.15, -0.1) is 0 Å². The molecule has 0 aromatic carbocycles. The molecule has 0 bridgehead atoms. The zero-order chi connectivity index (χ0) is 24.9. The predicted octanol–water partition coefficient (Wildman–Crippen LogP) is 2.35. The summed E-state index contributed by atoms with van der Waals surface area (Å²) in [5.74, 6) is 1.29. The minimum atomic E-state index is -0.579. The van der Waals surface area contributed by atoms with Crippen LogP contribution in [0.25, 0.3) is 11.3 Å². The summed E-state index contributed by atoms with van der Waals surface area (Å²) < 4.78 is 9.10. The molecule has 0 saturated carbocycles. The number of anilines is 1. The Kier molecular flexibility index (Phi) is 6.97. The van der Waals surface area contributed by atoms with Crippen LogP contribution in [-0.2, 0) is 13.6 Å². The van der Waals surface area contributed by atoms with Gasteiger partial charge in [0, 0.05) is 43.8 Å². The first-order valence-corrected chi connectivity index (χ1v) is 10.9. The number of aryl methyl sites for hydroxylation is 1. The average Bonchev–Trinajstić information content (AvgIpc) is 3.32. The van der Waals surface area contributed by atoms with Crippen molar-refractivity contribution in [1.29, 1.82) is 0 Å². The third-order valence-electron chi connectivity index (χ3n) is 5.30. The van der Waals surface area contributed by atoms with Gasteiger partial charge in [-0.3, -0.25) is 23.8 Å². The second-order valence-electron chi connectivity index (χ2n) is 8.19. The lowest BCUT2D eigenvalue weighted by atomic mass is 10.2. The van der Waals surface area contributed by atoms with Crippen LogP contribution in [0, 0.1) is 6.92 Å². The minimum Gasteiger partial charge on any atom is -0.456 e. The quantitative estimate of drug-likeness (QED) is 0.413. The fourth-order valence-corrected chi connectivity index (χ4v) is 3.17. The highest BCUT2D eigenvalue weighted by Gasteiger charge is 2.14. The summed E-state index contributed by atoms with van der Waals surface area (Å²) in [4.78, 5) is 39.5. The summed E-state index contributed by atoms with van der Waals surface area (Å²) in [6.45, 7) is 3.36. The van der Waals surface area contributed by atoms with Crippen molar-refractivity contribution in [2.45, 2.75) is 13.5 Å². The largest absolute Gasteiger partial charge is 0.456 e. The van der Waals surface area contributed by atoms with E-state index in [1.54, 1.807) is 44.6 Å². The summed E-state index contributed by atoms with van der Waals surface area (Å²) in [5.41, 5.74) is 1.15.